The van der Waals surface area contributed by atoms with E-state index in [-0.39, 0.29) is 29.7 Å². The van der Waals surface area contributed by atoms with E-state index in [9.17, 15) is 14.0 Å². The van der Waals surface area contributed by atoms with Crippen molar-refractivity contribution in [2.75, 3.05) is 6.54 Å². The van der Waals surface area contributed by atoms with E-state index in [0.29, 0.717) is 33.4 Å². The highest BCUT2D eigenvalue weighted by Crippen LogP contribution is 2.45. The Kier molecular flexibility index (Phi) is 7.00. The summed E-state index contributed by atoms with van der Waals surface area (Å²) in [6, 6.07) is 12.6. The molecule has 0 radical (unpaired) electrons. The van der Waals surface area contributed by atoms with E-state index >= 15 is 0 Å². The molecule has 1 amide bonds. The molecule has 8 heteroatoms. The number of carbonyl (C=O) groups is 2. The van der Waals surface area contributed by atoms with Gasteiger partial charge in [0.1, 0.15) is 11.5 Å². The summed E-state index contributed by atoms with van der Waals surface area (Å²) in [4.78, 5) is 31.1. The fourth-order valence-corrected chi connectivity index (χ4v) is 4.93. The summed E-state index contributed by atoms with van der Waals surface area (Å²) in [6.45, 7) is 2.02. The highest BCUT2D eigenvalue weighted by Gasteiger charge is 2.32. The second kappa shape index (κ2) is 9.93. The van der Waals surface area contributed by atoms with Crippen LogP contribution in [0.25, 0.3) is 10.4 Å². The van der Waals surface area contributed by atoms with E-state index in [1.54, 1.807) is 36.4 Å². The highest BCUT2D eigenvalue weighted by atomic mass is 35.5. The number of Topliss-reactive ketones (excluding diaryl/α,β-unsaturated/α-hetero) is 1. The summed E-state index contributed by atoms with van der Waals surface area (Å²) in [5.74, 6) is -1.24. The second-order valence-electron chi connectivity index (χ2n) is 8.08. The van der Waals surface area contributed by atoms with Crippen LogP contribution in [-0.4, -0.2) is 28.9 Å². The van der Waals surface area contributed by atoms with Gasteiger partial charge in [0.2, 0.25) is 5.78 Å². The lowest BCUT2D eigenvalue weighted by molar-refractivity contribution is 0.0947. The molecule has 1 saturated carbocycles. The summed E-state index contributed by atoms with van der Waals surface area (Å²) >= 11 is 7.39. The van der Waals surface area contributed by atoms with Crippen LogP contribution in [0.3, 0.4) is 0 Å². The third-order valence-electron chi connectivity index (χ3n) is 5.63. The van der Waals surface area contributed by atoms with Gasteiger partial charge in [-0.3, -0.25) is 9.59 Å². The van der Waals surface area contributed by atoms with Gasteiger partial charge in [-0.05, 0) is 55.2 Å². The quantitative estimate of drug-likeness (QED) is 0.283. The van der Waals surface area contributed by atoms with Crippen LogP contribution in [0, 0.1) is 17.1 Å². The zero-order valence-electron chi connectivity index (χ0n) is 18.0. The van der Waals surface area contributed by atoms with Crippen LogP contribution in [0.2, 0.25) is 5.02 Å². The van der Waals surface area contributed by atoms with E-state index in [1.807, 2.05) is 6.92 Å². The minimum Gasteiger partial charge on any atom is -0.351 e. The lowest BCUT2D eigenvalue weighted by Gasteiger charge is -2.16. The van der Waals surface area contributed by atoms with E-state index in [0.717, 1.165) is 17.8 Å². The third-order valence-corrected chi connectivity index (χ3v) is 7.14. The maximum atomic E-state index is 13.4. The maximum Gasteiger partial charge on any atom is 0.251 e. The highest BCUT2D eigenvalue weighted by molar-refractivity contribution is 7.15. The van der Waals surface area contributed by atoms with Crippen LogP contribution in [-0.2, 0) is 0 Å². The lowest BCUT2D eigenvalue weighted by Crippen LogP contribution is -2.35. The van der Waals surface area contributed by atoms with Gasteiger partial charge in [0.05, 0.1) is 15.6 Å². The number of carbonyl (C=O) groups excluding carboxylic acids is 2. The Balaban J connectivity index is 1.53. The van der Waals surface area contributed by atoms with Crippen LogP contribution in [0.1, 0.15) is 58.0 Å². The summed E-state index contributed by atoms with van der Waals surface area (Å²) < 4.78 is 13.4. The molecule has 0 spiro atoms. The SMILES string of the molecule is CC[C@@H](CNC(=O)c1cccc(Cl)c1)C(=N)C(=O)c1nc(C2CC2)sc1-c1ccc(F)cc1. The fourth-order valence-electron chi connectivity index (χ4n) is 3.50. The number of hydrogen-bond acceptors (Lipinski definition) is 5. The molecule has 170 valence electrons. The van der Waals surface area contributed by atoms with Crippen molar-refractivity contribution in [1.29, 1.82) is 5.41 Å². The van der Waals surface area contributed by atoms with Crippen LogP contribution in [0.4, 0.5) is 4.39 Å². The molecule has 1 heterocycles. The van der Waals surface area contributed by atoms with Crippen molar-refractivity contribution in [2.24, 2.45) is 5.92 Å². The smallest absolute Gasteiger partial charge is 0.251 e. The molecule has 0 saturated heterocycles. The van der Waals surface area contributed by atoms with E-state index in [4.69, 9.17) is 17.0 Å². The number of nitrogens with one attached hydrogen (secondary N) is 2. The van der Waals surface area contributed by atoms with E-state index in [2.05, 4.69) is 10.3 Å². The third kappa shape index (κ3) is 5.37. The number of nitrogens with zero attached hydrogens (tertiary/aromatic N) is 1. The molecule has 0 unspecified atom stereocenters. The first kappa shape index (κ1) is 23.3. The number of aromatic nitrogens is 1. The molecule has 1 aromatic heterocycles. The van der Waals surface area contributed by atoms with Crippen LogP contribution >= 0.6 is 22.9 Å². The van der Waals surface area contributed by atoms with E-state index in [1.165, 1.54) is 23.5 Å². The zero-order valence-corrected chi connectivity index (χ0v) is 19.6. The van der Waals surface area contributed by atoms with Crippen LogP contribution in [0.15, 0.2) is 48.5 Å². The Bertz CT molecular complexity index is 1200. The summed E-state index contributed by atoms with van der Waals surface area (Å²) in [7, 11) is 0. The van der Waals surface area contributed by atoms with E-state index < -0.39 is 11.7 Å². The molecule has 1 atom stereocenters. The van der Waals surface area contributed by atoms with Crippen molar-refractivity contribution in [1.82, 2.24) is 10.3 Å². The molecule has 5 nitrogen and oxygen atoms in total. The minimum atomic E-state index is -0.465. The van der Waals surface area contributed by atoms with Gasteiger partial charge >= 0.3 is 0 Å². The molecule has 2 N–H and O–H groups in total. The van der Waals surface area contributed by atoms with Gasteiger partial charge in [0.15, 0.2) is 0 Å². The number of ketones is 1. The van der Waals surface area contributed by atoms with Gasteiger partial charge in [-0.2, -0.15) is 0 Å². The van der Waals surface area contributed by atoms with Gasteiger partial charge in [0.25, 0.3) is 5.91 Å². The standard InChI is InChI=1S/C25H23ClFN3O2S/c1-2-14(13-29-24(32)17-4-3-5-18(26)12-17)20(28)22(31)21-23(15-8-10-19(27)11-9-15)33-25(30-21)16-6-7-16/h3-5,8-12,14,16,28H,2,6-7,13H2,1H3,(H,29,32)/t14-/m0/s1. The number of rotatable bonds is 9. The topological polar surface area (TPSA) is 82.9 Å². The largest absolute Gasteiger partial charge is 0.351 e. The van der Waals surface area contributed by atoms with Crippen molar-refractivity contribution >= 4 is 40.3 Å². The Hall–Kier alpha value is -2.90. The second-order valence-corrected chi connectivity index (χ2v) is 9.55. The summed E-state index contributed by atoms with van der Waals surface area (Å²) in [5, 5.41) is 12.7. The zero-order chi connectivity index (χ0) is 23.5. The first-order valence-electron chi connectivity index (χ1n) is 10.8. The molecule has 1 aliphatic carbocycles. The predicted molar refractivity (Wildman–Crippen MR) is 129 cm³/mol. The monoisotopic (exact) mass is 483 g/mol. The molecule has 3 aromatic rings. The number of thiazole rings is 1. The summed E-state index contributed by atoms with van der Waals surface area (Å²) in [6.07, 6.45) is 2.58. The molecule has 1 fully saturated rings. The molecule has 2 aromatic carbocycles. The molecule has 1 aliphatic rings. The Morgan fingerprint density at radius 3 is 2.61 bits per heavy atom. The molecule has 0 bridgehead atoms. The van der Waals surface area contributed by atoms with Gasteiger partial charge < -0.3 is 10.7 Å². The van der Waals surface area contributed by atoms with Gasteiger partial charge in [-0.1, -0.05) is 36.7 Å². The normalized spacial score (nSPS) is 14.0. The maximum absolute atomic E-state index is 13.4. The van der Waals surface area contributed by atoms with Crippen LogP contribution in [0.5, 0.6) is 0 Å². The molecular weight excluding hydrogens is 461 g/mol. The fraction of sp³-hybridized carbons (Fsp3) is 0.280. The average Bonchev–Trinajstić information content (AvgIpc) is 3.57. The van der Waals surface area contributed by atoms with Crippen molar-refractivity contribution in [3.8, 4) is 10.4 Å². The molecule has 0 aliphatic heterocycles. The van der Waals surface area contributed by atoms with Crippen molar-refractivity contribution in [2.45, 2.75) is 32.1 Å². The lowest BCUT2D eigenvalue weighted by atomic mass is 9.94. The Labute approximate surface area is 200 Å². The average molecular weight is 484 g/mol. The van der Waals surface area contributed by atoms with Gasteiger partial charge in [-0.25, -0.2) is 9.37 Å². The first-order valence-corrected chi connectivity index (χ1v) is 12.0. The summed E-state index contributed by atoms with van der Waals surface area (Å²) in [5.41, 5.74) is 1.26. The number of hydrogen-bond donors (Lipinski definition) is 2. The first-order chi connectivity index (χ1) is 15.9. The van der Waals surface area contributed by atoms with Gasteiger partial charge in [0, 0.05) is 29.0 Å². The van der Waals surface area contributed by atoms with Crippen molar-refractivity contribution < 1.29 is 14.0 Å². The van der Waals surface area contributed by atoms with Crippen molar-refractivity contribution in [3.63, 3.8) is 0 Å². The van der Waals surface area contributed by atoms with Crippen LogP contribution < -0.4 is 5.32 Å². The van der Waals surface area contributed by atoms with Crippen molar-refractivity contribution in [3.05, 3.63) is 75.6 Å². The van der Waals surface area contributed by atoms with Gasteiger partial charge in [-0.15, -0.1) is 11.3 Å². The molecule has 4 rings (SSSR count). The predicted octanol–water partition coefficient (Wildman–Crippen LogP) is 6.14. The molecule has 33 heavy (non-hydrogen) atoms. The minimum absolute atomic E-state index is 0.0973. The molecular formula is C25H23ClFN3O2S. The Morgan fingerprint density at radius 1 is 1.24 bits per heavy atom. The number of benzene rings is 2. The number of halogens is 2. The Morgan fingerprint density at radius 2 is 1.97 bits per heavy atom. The number of amides is 1.